The molecule has 0 amide bonds. The van der Waals surface area contributed by atoms with E-state index >= 15 is 0 Å². The molecule has 1 aromatic rings. The van der Waals surface area contributed by atoms with Crippen LogP contribution in [0, 0.1) is 11.8 Å². The van der Waals surface area contributed by atoms with Gasteiger partial charge in [-0.2, -0.15) is 0 Å². The Morgan fingerprint density at radius 2 is 1.83 bits per heavy atom. The molecule has 1 fully saturated rings. The molecule has 0 atom stereocenters. The van der Waals surface area contributed by atoms with E-state index in [0.29, 0.717) is 6.54 Å². The Hall–Kier alpha value is -1.15. The first-order chi connectivity index (χ1) is 8.66. The van der Waals surface area contributed by atoms with E-state index in [1.54, 1.807) is 0 Å². The topological polar surface area (TPSA) is 20.3 Å². The molecule has 1 aromatic carbocycles. The summed E-state index contributed by atoms with van der Waals surface area (Å²) in [4.78, 5) is 14.4. The summed E-state index contributed by atoms with van der Waals surface area (Å²) >= 11 is 0. The van der Waals surface area contributed by atoms with Gasteiger partial charge < -0.3 is 0 Å². The molecule has 2 rings (SSSR count). The van der Waals surface area contributed by atoms with Crippen LogP contribution < -0.4 is 0 Å². The Kier molecular flexibility index (Phi) is 4.54. The molecule has 2 heteroatoms. The van der Waals surface area contributed by atoms with Gasteiger partial charge in [0.2, 0.25) is 0 Å². The van der Waals surface area contributed by atoms with Gasteiger partial charge >= 0.3 is 0 Å². The number of Topliss-reactive ketones (excluding diaryl/α,β-unsaturated/α-hetero) is 1. The van der Waals surface area contributed by atoms with Gasteiger partial charge in [-0.1, -0.05) is 44.2 Å². The lowest BCUT2D eigenvalue weighted by atomic mass is 9.86. The maximum Gasteiger partial charge on any atom is 0.176 e. The van der Waals surface area contributed by atoms with Gasteiger partial charge in [0.1, 0.15) is 0 Å². The summed E-state index contributed by atoms with van der Waals surface area (Å²) in [6.07, 6.45) is 2.47. The fraction of sp³-hybridized carbons (Fsp3) is 0.562. The number of hydrogen-bond acceptors (Lipinski definition) is 2. The summed E-state index contributed by atoms with van der Waals surface area (Å²) in [5.74, 6) is 1.86. The van der Waals surface area contributed by atoms with Crippen LogP contribution >= 0.6 is 0 Å². The molecule has 18 heavy (non-hydrogen) atoms. The van der Waals surface area contributed by atoms with E-state index in [1.807, 2.05) is 30.3 Å². The summed E-state index contributed by atoms with van der Waals surface area (Å²) in [5.41, 5.74) is 0.837. The first-order valence-corrected chi connectivity index (χ1v) is 6.97. The van der Waals surface area contributed by atoms with Crippen LogP contribution in [0.5, 0.6) is 0 Å². The highest BCUT2D eigenvalue weighted by Gasteiger charge is 2.22. The summed E-state index contributed by atoms with van der Waals surface area (Å²) in [7, 11) is 0. The molecule has 0 spiro atoms. The van der Waals surface area contributed by atoms with Crippen LogP contribution in [0.25, 0.3) is 0 Å². The van der Waals surface area contributed by atoms with E-state index < -0.39 is 0 Å². The lowest BCUT2D eigenvalue weighted by Crippen LogP contribution is -2.38. The number of likely N-dealkylation sites (tertiary alicyclic amines) is 1. The average molecular weight is 245 g/mol. The van der Waals surface area contributed by atoms with Gasteiger partial charge in [0.15, 0.2) is 5.78 Å². The van der Waals surface area contributed by atoms with Crippen LogP contribution in [-0.2, 0) is 0 Å². The molecule has 98 valence electrons. The Labute approximate surface area is 110 Å². The SMILES string of the molecule is CC(C)C1CCN(CC(=O)c2ccccc2)CC1. The summed E-state index contributed by atoms with van der Waals surface area (Å²) < 4.78 is 0. The largest absolute Gasteiger partial charge is 0.296 e. The lowest BCUT2D eigenvalue weighted by Gasteiger charge is -2.33. The van der Waals surface area contributed by atoms with Crippen molar-refractivity contribution in [3.63, 3.8) is 0 Å². The monoisotopic (exact) mass is 245 g/mol. The van der Waals surface area contributed by atoms with Gasteiger partial charge in [0, 0.05) is 5.56 Å². The molecule has 1 aliphatic rings. The summed E-state index contributed by atoms with van der Waals surface area (Å²) in [5, 5.41) is 0. The van der Waals surface area contributed by atoms with Gasteiger partial charge in [-0.3, -0.25) is 9.69 Å². The van der Waals surface area contributed by atoms with E-state index in [9.17, 15) is 4.79 Å². The van der Waals surface area contributed by atoms with E-state index in [-0.39, 0.29) is 5.78 Å². The van der Waals surface area contributed by atoms with Crippen molar-refractivity contribution in [2.45, 2.75) is 26.7 Å². The molecule has 0 bridgehead atoms. The lowest BCUT2D eigenvalue weighted by molar-refractivity contribution is 0.0880. The highest BCUT2D eigenvalue weighted by atomic mass is 16.1. The molecule has 0 saturated carbocycles. The Morgan fingerprint density at radius 3 is 2.39 bits per heavy atom. The molecule has 0 aliphatic carbocycles. The van der Waals surface area contributed by atoms with Crippen LogP contribution in [-0.4, -0.2) is 30.3 Å². The zero-order valence-electron chi connectivity index (χ0n) is 11.4. The van der Waals surface area contributed by atoms with Crippen molar-refractivity contribution in [2.24, 2.45) is 11.8 Å². The van der Waals surface area contributed by atoms with Crippen molar-refractivity contribution < 1.29 is 4.79 Å². The number of nitrogens with zero attached hydrogens (tertiary/aromatic N) is 1. The van der Waals surface area contributed by atoms with E-state index in [2.05, 4.69) is 18.7 Å². The van der Waals surface area contributed by atoms with Crippen molar-refractivity contribution >= 4 is 5.78 Å². The predicted molar refractivity (Wildman–Crippen MR) is 74.8 cm³/mol. The second kappa shape index (κ2) is 6.14. The zero-order chi connectivity index (χ0) is 13.0. The highest BCUT2D eigenvalue weighted by molar-refractivity contribution is 5.97. The molecule has 0 unspecified atom stereocenters. The number of carbonyl (C=O) groups is 1. The fourth-order valence-electron chi connectivity index (χ4n) is 2.70. The van der Waals surface area contributed by atoms with Crippen molar-refractivity contribution in [3.8, 4) is 0 Å². The van der Waals surface area contributed by atoms with E-state index in [1.165, 1.54) is 12.8 Å². The number of carbonyl (C=O) groups excluding carboxylic acids is 1. The maximum atomic E-state index is 12.1. The summed E-state index contributed by atoms with van der Waals surface area (Å²) in [6.45, 7) is 7.32. The van der Waals surface area contributed by atoms with Crippen molar-refractivity contribution in [1.29, 1.82) is 0 Å². The molecule has 0 radical (unpaired) electrons. The van der Waals surface area contributed by atoms with Crippen LogP contribution in [0.15, 0.2) is 30.3 Å². The van der Waals surface area contributed by atoms with Crippen LogP contribution in [0.4, 0.5) is 0 Å². The molecule has 2 nitrogen and oxygen atoms in total. The number of hydrogen-bond donors (Lipinski definition) is 0. The van der Waals surface area contributed by atoms with Crippen molar-refractivity contribution in [2.75, 3.05) is 19.6 Å². The van der Waals surface area contributed by atoms with Gasteiger partial charge in [0.05, 0.1) is 6.54 Å². The van der Waals surface area contributed by atoms with Gasteiger partial charge in [-0.05, 0) is 37.8 Å². The minimum Gasteiger partial charge on any atom is -0.296 e. The van der Waals surface area contributed by atoms with Crippen molar-refractivity contribution in [1.82, 2.24) is 4.90 Å². The molecule has 1 heterocycles. The Morgan fingerprint density at radius 1 is 1.22 bits per heavy atom. The molecular formula is C16H23NO. The number of ketones is 1. The minimum absolute atomic E-state index is 0.249. The van der Waals surface area contributed by atoms with Gasteiger partial charge in [-0.15, -0.1) is 0 Å². The van der Waals surface area contributed by atoms with Crippen molar-refractivity contribution in [3.05, 3.63) is 35.9 Å². The quantitative estimate of drug-likeness (QED) is 0.759. The number of rotatable bonds is 4. The number of benzene rings is 1. The summed E-state index contributed by atoms with van der Waals surface area (Å²) in [6, 6.07) is 9.62. The smallest absolute Gasteiger partial charge is 0.176 e. The molecule has 1 saturated heterocycles. The first-order valence-electron chi connectivity index (χ1n) is 6.97. The molecule has 1 aliphatic heterocycles. The van der Waals surface area contributed by atoms with Crippen LogP contribution in [0.3, 0.4) is 0 Å². The average Bonchev–Trinajstić information content (AvgIpc) is 2.40. The second-order valence-corrected chi connectivity index (χ2v) is 5.65. The fourth-order valence-corrected chi connectivity index (χ4v) is 2.70. The Bertz CT molecular complexity index is 377. The van der Waals surface area contributed by atoms with E-state index in [4.69, 9.17) is 0 Å². The highest BCUT2D eigenvalue weighted by Crippen LogP contribution is 2.24. The van der Waals surface area contributed by atoms with Crippen LogP contribution in [0.2, 0.25) is 0 Å². The van der Waals surface area contributed by atoms with Crippen LogP contribution in [0.1, 0.15) is 37.0 Å². The molecule has 0 aromatic heterocycles. The standard InChI is InChI=1S/C16H23NO/c1-13(2)14-8-10-17(11-9-14)12-16(18)15-6-4-3-5-7-15/h3-7,13-14H,8-12H2,1-2H3. The van der Waals surface area contributed by atoms with E-state index in [0.717, 1.165) is 30.5 Å². The number of piperidine rings is 1. The second-order valence-electron chi connectivity index (χ2n) is 5.65. The molecular weight excluding hydrogens is 222 g/mol. The van der Waals surface area contributed by atoms with Gasteiger partial charge in [0.25, 0.3) is 0 Å². The third-order valence-corrected chi connectivity index (χ3v) is 4.04. The third-order valence-electron chi connectivity index (χ3n) is 4.04. The zero-order valence-corrected chi connectivity index (χ0v) is 11.4. The minimum atomic E-state index is 0.249. The maximum absolute atomic E-state index is 12.1. The molecule has 0 N–H and O–H groups in total. The first kappa shape index (κ1) is 13.3. The van der Waals surface area contributed by atoms with Gasteiger partial charge in [-0.25, -0.2) is 0 Å². The predicted octanol–water partition coefficient (Wildman–Crippen LogP) is 3.24. The normalized spacial score (nSPS) is 18.2. The third kappa shape index (κ3) is 3.42. The Balaban J connectivity index is 1.83.